The first kappa shape index (κ1) is 21.3. The van der Waals surface area contributed by atoms with Gasteiger partial charge in [-0.1, -0.05) is 36.4 Å². The fourth-order valence-electron chi connectivity index (χ4n) is 4.29. The molecule has 4 heterocycles. The largest absolute Gasteiger partial charge is 0.495 e. The first-order chi connectivity index (χ1) is 17.2. The normalized spacial score (nSPS) is 15.1. The minimum atomic E-state index is 0.0950. The number of aryl methyl sites for hydroxylation is 1. The van der Waals surface area contributed by atoms with Crippen LogP contribution in [-0.2, 0) is 7.05 Å². The Labute approximate surface area is 206 Å². The number of hydrogen-bond donors (Lipinski definition) is 1. The Morgan fingerprint density at radius 3 is 2.74 bits per heavy atom. The Bertz CT molecular complexity index is 1530. The molecule has 174 valence electrons. The van der Waals surface area contributed by atoms with E-state index in [1.54, 1.807) is 23.1 Å². The SMILES string of the molecule is COc1cc(-c2cnn(C)c2)ccc1Nc1nc(N2N=CCC2c2ccccc2)c2sccc2n1. The lowest BCUT2D eigenvalue weighted by molar-refractivity contribution is 0.417. The van der Waals surface area contributed by atoms with Crippen LogP contribution in [0.4, 0.5) is 17.5 Å². The summed E-state index contributed by atoms with van der Waals surface area (Å²) in [5.74, 6) is 1.98. The van der Waals surface area contributed by atoms with Crippen molar-refractivity contribution < 1.29 is 4.74 Å². The third-order valence-corrected chi connectivity index (χ3v) is 6.90. The fourth-order valence-corrected chi connectivity index (χ4v) is 5.11. The molecule has 0 radical (unpaired) electrons. The van der Waals surface area contributed by atoms with Gasteiger partial charge in [0.2, 0.25) is 5.95 Å². The van der Waals surface area contributed by atoms with E-state index in [1.165, 1.54) is 5.56 Å². The predicted octanol–water partition coefficient (Wildman–Crippen LogP) is 5.78. The minimum Gasteiger partial charge on any atom is -0.495 e. The molecule has 0 saturated carbocycles. The first-order valence-corrected chi connectivity index (χ1v) is 12.1. The summed E-state index contributed by atoms with van der Waals surface area (Å²) in [6, 6.07) is 18.5. The molecule has 1 aliphatic rings. The Morgan fingerprint density at radius 1 is 1.06 bits per heavy atom. The average molecular weight is 482 g/mol. The van der Waals surface area contributed by atoms with Crippen molar-refractivity contribution in [2.45, 2.75) is 12.5 Å². The van der Waals surface area contributed by atoms with Gasteiger partial charge in [0.15, 0.2) is 5.82 Å². The third-order valence-electron chi connectivity index (χ3n) is 6.00. The number of benzene rings is 2. The quantitative estimate of drug-likeness (QED) is 0.331. The minimum absolute atomic E-state index is 0.0950. The molecule has 35 heavy (non-hydrogen) atoms. The molecule has 1 aliphatic heterocycles. The molecule has 8 nitrogen and oxygen atoms in total. The van der Waals surface area contributed by atoms with E-state index in [9.17, 15) is 0 Å². The van der Waals surface area contributed by atoms with Crippen LogP contribution in [0, 0.1) is 0 Å². The number of aromatic nitrogens is 4. The second kappa shape index (κ2) is 8.84. The summed E-state index contributed by atoms with van der Waals surface area (Å²) in [4.78, 5) is 9.68. The van der Waals surface area contributed by atoms with Gasteiger partial charge in [-0.2, -0.15) is 15.2 Å². The van der Waals surface area contributed by atoms with Gasteiger partial charge in [0.1, 0.15) is 5.75 Å². The summed E-state index contributed by atoms with van der Waals surface area (Å²) < 4.78 is 8.48. The molecule has 6 rings (SSSR count). The van der Waals surface area contributed by atoms with Crippen molar-refractivity contribution in [1.82, 2.24) is 19.7 Å². The van der Waals surface area contributed by atoms with Crippen LogP contribution in [0.5, 0.6) is 5.75 Å². The highest BCUT2D eigenvalue weighted by Crippen LogP contribution is 2.39. The van der Waals surface area contributed by atoms with Crippen LogP contribution in [0.25, 0.3) is 21.3 Å². The van der Waals surface area contributed by atoms with Crippen molar-refractivity contribution in [2.24, 2.45) is 12.1 Å². The molecule has 0 spiro atoms. The van der Waals surface area contributed by atoms with Gasteiger partial charge in [-0.25, -0.2) is 9.99 Å². The highest BCUT2D eigenvalue weighted by molar-refractivity contribution is 7.17. The van der Waals surface area contributed by atoms with Crippen molar-refractivity contribution in [3.05, 3.63) is 77.9 Å². The molecular formula is C26H23N7OS. The van der Waals surface area contributed by atoms with Gasteiger partial charge < -0.3 is 10.1 Å². The molecule has 1 N–H and O–H groups in total. The third kappa shape index (κ3) is 4.00. The second-order valence-electron chi connectivity index (χ2n) is 8.25. The maximum atomic E-state index is 5.69. The van der Waals surface area contributed by atoms with Crippen molar-refractivity contribution in [3.63, 3.8) is 0 Å². The van der Waals surface area contributed by atoms with E-state index in [2.05, 4.69) is 39.8 Å². The number of nitrogens with zero attached hydrogens (tertiary/aromatic N) is 6. The van der Waals surface area contributed by atoms with E-state index in [-0.39, 0.29) is 6.04 Å². The summed E-state index contributed by atoms with van der Waals surface area (Å²) in [7, 11) is 3.56. The van der Waals surface area contributed by atoms with Gasteiger partial charge in [-0.15, -0.1) is 11.3 Å². The highest BCUT2D eigenvalue weighted by Gasteiger charge is 2.28. The number of ether oxygens (including phenoxy) is 1. The topological polar surface area (TPSA) is 80.5 Å². The number of nitrogens with one attached hydrogen (secondary N) is 1. The van der Waals surface area contributed by atoms with Gasteiger partial charge in [0, 0.05) is 31.4 Å². The van der Waals surface area contributed by atoms with E-state index in [1.807, 2.05) is 66.4 Å². The number of rotatable bonds is 6. The van der Waals surface area contributed by atoms with Crippen LogP contribution in [0.2, 0.25) is 0 Å². The summed E-state index contributed by atoms with van der Waals surface area (Å²) in [5, 5.41) is 16.4. The van der Waals surface area contributed by atoms with Gasteiger partial charge in [0.05, 0.1) is 35.3 Å². The number of fused-ring (bicyclic) bond motifs is 1. The standard InChI is InChI=1S/C26H23N7OS/c1-32-16-19(15-28-32)18-8-9-20(23(14-18)34-2)29-26-30-21-11-13-35-24(21)25(31-26)33-22(10-12-27-33)17-6-4-3-5-7-17/h3-9,11-16,22H,10H2,1-2H3,(H,29,30,31). The van der Waals surface area contributed by atoms with Crippen LogP contribution in [0.15, 0.2) is 77.5 Å². The molecular weight excluding hydrogens is 458 g/mol. The monoisotopic (exact) mass is 481 g/mol. The molecule has 0 saturated heterocycles. The molecule has 5 aromatic rings. The van der Waals surface area contributed by atoms with E-state index < -0.39 is 0 Å². The number of thiophene rings is 1. The molecule has 3 aromatic heterocycles. The van der Waals surface area contributed by atoms with Gasteiger partial charge in [-0.05, 0) is 34.7 Å². The number of hydrazone groups is 1. The Kier molecular flexibility index (Phi) is 5.38. The summed E-state index contributed by atoms with van der Waals surface area (Å²) in [6.45, 7) is 0. The first-order valence-electron chi connectivity index (χ1n) is 11.3. The van der Waals surface area contributed by atoms with Crippen LogP contribution in [0.1, 0.15) is 18.0 Å². The molecule has 0 fully saturated rings. The maximum absolute atomic E-state index is 5.69. The zero-order valence-corrected chi connectivity index (χ0v) is 20.1. The van der Waals surface area contributed by atoms with Crippen molar-refractivity contribution in [1.29, 1.82) is 0 Å². The number of anilines is 3. The average Bonchev–Trinajstić information content (AvgIpc) is 3.65. The van der Waals surface area contributed by atoms with Crippen molar-refractivity contribution in [3.8, 4) is 16.9 Å². The van der Waals surface area contributed by atoms with Crippen LogP contribution >= 0.6 is 11.3 Å². The Balaban J connectivity index is 1.37. The smallest absolute Gasteiger partial charge is 0.229 e. The molecule has 9 heteroatoms. The zero-order valence-electron chi connectivity index (χ0n) is 19.3. The van der Waals surface area contributed by atoms with Crippen molar-refractivity contribution in [2.75, 3.05) is 17.4 Å². The van der Waals surface area contributed by atoms with E-state index >= 15 is 0 Å². The lowest BCUT2D eigenvalue weighted by Gasteiger charge is -2.24. The molecule has 1 unspecified atom stereocenters. The van der Waals surface area contributed by atoms with Crippen LogP contribution < -0.4 is 15.1 Å². The lowest BCUT2D eigenvalue weighted by atomic mass is 10.0. The predicted molar refractivity (Wildman–Crippen MR) is 141 cm³/mol. The van der Waals surface area contributed by atoms with Crippen LogP contribution in [0.3, 0.4) is 0 Å². The van der Waals surface area contributed by atoms with Gasteiger partial charge in [0.25, 0.3) is 0 Å². The zero-order chi connectivity index (χ0) is 23.8. The molecule has 0 bridgehead atoms. The van der Waals surface area contributed by atoms with Gasteiger partial charge in [-0.3, -0.25) is 4.68 Å². The van der Waals surface area contributed by atoms with E-state index in [0.29, 0.717) is 11.7 Å². The summed E-state index contributed by atoms with van der Waals surface area (Å²) in [5.41, 5.74) is 4.91. The van der Waals surface area contributed by atoms with Gasteiger partial charge >= 0.3 is 0 Å². The fraction of sp³-hybridized carbons (Fsp3) is 0.154. The lowest BCUT2D eigenvalue weighted by Crippen LogP contribution is -2.20. The maximum Gasteiger partial charge on any atom is 0.229 e. The van der Waals surface area contributed by atoms with Crippen molar-refractivity contribution >= 4 is 45.2 Å². The number of hydrogen-bond acceptors (Lipinski definition) is 8. The summed E-state index contributed by atoms with van der Waals surface area (Å²) in [6.07, 6.45) is 6.59. The molecule has 2 aromatic carbocycles. The van der Waals surface area contributed by atoms with E-state index in [0.717, 1.165) is 39.3 Å². The Morgan fingerprint density at radius 2 is 1.94 bits per heavy atom. The summed E-state index contributed by atoms with van der Waals surface area (Å²) >= 11 is 1.62. The van der Waals surface area contributed by atoms with E-state index in [4.69, 9.17) is 14.7 Å². The number of methoxy groups -OCH3 is 1. The Hall–Kier alpha value is -4.24. The molecule has 1 atom stereocenters. The molecule has 0 amide bonds. The second-order valence-corrected chi connectivity index (χ2v) is 9.17. The van der Waals surface area contributed by atoms with Crippen LogP contribution in [-0.4, -0.2) is 33.1 Å². The highest BCUT2D eigenvalue weighted by atomic mass is 32.1. The molecule has 0 aliphatic carbocycles.